The minimum atomic E-state index is -3.53. The highest BCUT2D eigenvalue weighted by atomic mass is 35.5. The lowest BCUT2D eigenvalue weighted by molar-refractivity contribution is 0.415. The molecule has 0 heterocycles. The number of hydrogen-bond acceptors (Lipinski definition) is 3. The molecule has 0 radical (unpaired) electrons. The standard InChI is InChI=1S/C20H20ClNO3S/c1-25-19-10-6-17-14-20(11-7-16(17)13-19)26(23,24)22-12-2-3-15-4-8-18(21)9-5-15/h4-11,13-14,22H,2-3,12H2,1H3. The Labute approximate surface area is 158 Å². The van der Waals surface area contributed by atoms with Crippen LogP contribution in [-0.4, -0.2) is 22.1 Å². The van der Waals surface area contributed by atoms with Crippen molar-refractivity contribution in [3.63, 3.8) is 0 Å². The van der Waals surface area contributed by atoms with E-state index in [0.717, 1.165) is 28.5 Å². The maximum Gasteiger partial charge on any atom is 0.240 e. The maximum absolute atomic E-state index is 12.5. The van der Waals surface area contributed by atoms with Crippen molar-refractivity contribution in [3.8, 4) is 5.75 Å². The van der Waals surface area contributed by atoms with Crippen LogP contribution in [-0.2, 0) is 16.4 Å². The Kier molecular flexibility index (Phi) is 5.81. The molecular weight excluding hydrogens is 370 g/mol. The van der Waals surface area contributed by atoms with Crippen LogP contribution in [0.4, 0.5) is 0 Å². The van der Waals surface area contributed by atoms with Crippen LogP contribution in [0.1, 0.15) is 12.0 Å². The first-order valence-corrected chi connectivity index (χ1v) is 10.2. The lowest BCUT2D eigenvalue weighted by atomic mass is 10.1. The lowest BCUT2D eigenvalue weighted by Gasteiger charge is -2.09. The summed E-state index contributed by atoms with van der Waals surface area (Å²) in [7, 11) is -1.93. The zero-order valence-corrected chi connectivity index (χ0v) is 16.0. The average Bonchev–Trinajstić information content (AvgIpc) is 2.65. The van der Waals surface area contributed by atoms with E-state index < -0.39 is 10.0 Å². The number of ether oxygens (including phenoxy) is 1. The van der Waals surface area contributed by atoms with Crippen LogP contribution >= 0.6 is 11.6 Å². The molecule has 4 nitrogen and oxygen atoms in total. The lowest BCUT2D eigenvalue weighted by Crippen LogP contribution is -2.25. The van der Waals surface area contributed by atoms with Gasteiger partial charge < -0.3 is 4.74 Å². The van der Waals surface area contributed by atoms with Gasteiger partial charge in [-0.2, -0.15) is 0 Å². The van der Waals surface area contributed by atoms with Crippen molar-refractivity contribution < 1.29 is 13.2 Å². The Bertz CT molecular complexity index is 1000. The number of sulfonamides is 1. The Hall–Kier alpha value is -2.08. The molecule has 0 saturated heterocycles. The molecule has 26 heavy (non-hydrogen) atoms. The number of fused-ring (bicyclic) bond motifs is 1. The molecule has 0 saturated carbocycles. The summed E-state index contributed by atoms with van der Waals surface area (Å²) < 4.78 is 32.9. The molecule has 1 N–H and O–H groups in total. The van der Waals surface area contributed by atoms with E-state index in [9.17, 15) is 8.42 Å². The van der Waals surface area contributed by atoms with Crippen molar-refractivity contribution in [2.24, 2.45) is 0 Å². The molecule has 0 amide bonds. The fourth-order valence-electron chi connectivity index (χ4n) is 2.73. The van der Waals surface area contributed by atoms with Crippen molar-refractivity contribution in [1.82, 2.24) is 4.72 Å². The van der Waals surface area contributed by atoms with Crippen molar-refractivity contribution >= 4 is 32.4 Å². The third-order valence-corrected chi connectivity index (χ3v) is 5.89. The maximum atomic E-state index is 12.5. The van der Waals surface area contributed by atoms with Gasteiger partial charge in [0.1, 0.15) is 5.75 Å². The van der Waals surface area contributed by atoms with Gasteiger partial charge in [-0.1, -0.05) is 35.9 Å². The first-order valence-electron chi connectivity index (χ1n) is 8.30. The van der Waals surface area contributed by atoms with Crippen LogP contribution in [0.15, 0.2) is 65.6 Å². The zero-order chi connectivity index (χ0) is 18.6. The molecule has 0 aliphatic carbocycles. The molecule has 136 valence electrons. The largest absolute Gasteiger partial charge is 0.497 e. The van der Waals surface area contributed by atoms with Gasteiger partial charge in [0.15, 0.2) is 0 Å². The van der Waals surface area contributed by atoms with Gasteiger partial charge in [-0.15, -0.1) is 0 Å². The minimum absolute atomic E-state index is 0.265. The van der Waals surface area contributed by atoms with Crippen molar-refractivity contribution in [2.45, 2.75) is 17.7 Å². The van der Waals surface area contributed by atoms with Gasteiger partial charge in [0.25, 0.3) is 0 Å². The van der Waals surface area contributed by atoms with Crippen LogP contribution in [0.2, 0.25) is 5.02 Å². The highest BCUT2D eigenvalue weighted by Gasteiger charge is 2.14. The van der Waals surface area contributed by atoms with E-state index in [4.69, 9.17) is 16.3 Å². The summed E-state index contributed by atoms with van der Waals surface area (Å²) in [5.74, 6) is 0.744. The molecule has 6 heteroatoms. The summed E-state index contributed by atoms with van der Waals surface area (Å²) in [6, 6.07) is 18.2. The number of rotatable bonds is 7. The molecule has 0 aliphatic rings. The third-order valence-electron chi connectivity index (χ3n) is 4.18. The molecule has 0 fully saturated rings. The van der Waals surface area contributed by atoms with Crippen LogP contribution in [0.25, 0.3) is 10.8 Å². The predicted octanol–water partition coefficient (Wildman–Crippen LogP) is 4.41. The summed E-state index contributed by atoms with van der Waals surface area (Å²) in [5, 5.41) is 2.49. The number of benzene rings is 3. The van der Waals surface area contributed by atoms with Gasteiger partial charge in [-0.3, -0.25) is 0 Å². The second-order valence-electron chi connectivity index (χ2n) is 6.00. The molecule has 0 spiro atoms. The fraction of sp³-hybridized carbons (Fsp3) is 0.200. The zero-order valence-electron chi connectivity index (χ0n) is 14.4. The Balaban J connectivity index is 1.63. The fourth-order valence-corrected chi connectivity index (χ4v) is 3.96. The third kappa shape index (κ3) is 4.55. The molecule has 3 aromatic carbocycles. The summed E-state index contributed by atoms with van der Waals surface area (Å²) in [6.07, 6.45) is 1.50. The van der Waals surface area contributed by atoms with Crippen LogP contribution in [0, 0.1) is 0 Å². The van der Waals surface area contributed by atoms with E-state index in [1.807, 2.05) is 42.5 Å². The summed E-state index contributed by atoms with van der Waals surface area (Å²) in [5.41, 5.74) is 1.13. The van der Waals surface area contributed by atoms with E-state index >= 15 is 0 Å². The normalized spacial score (nSPS) is 11.6. The van der Waals surface area contributed by atoms with E-state index in [0.29, 0.717) is 18.0 Å². The van der Waals surface area contributed by atoms with Gasteiger partial charge in [-0.05, 0) is 65.6 Å². The van der Waals surface area contributed by atoms with E-state index in [1.165, 1.54) is 0 Å². The molecule has 0 unspecified atom stereocenters. The molecule has 3 rings (SSSR count). The smallest absolute Gasteiger partial charge is 0.240 e. The number of aryl methyl sites for hydroxylation is 1. The van der Waals surface area contributed by atoms with Gasteiger partial charge in [0, 0.05) is 11.6 Å². The monoisotopic (exact) mass is 389 g/mol. The molecule has 0 atom stereocenters. The summed E-state index contributed by atoms with van der Waals surface area (Å²) in [6.45, 7) is 0.381. The number of hydrogen-bond donors (Lipinski definition) is 1. The van der Waals surface area contributed by atoms with E-state index in [1.54, 1.807) is 25.3 Å². The SMILES string of the molecule is COc1ccc2cc(S(=O)(=O)NCCCc3ccc(Cl)cc3)ccc2c1. The van der Waals surface area contributed by atoms with E-state index in [-0.39, 0.29) is 4.90 Å². The second-order valence-corrected chi connectivity index (χ2v) is 8.21. The van der Waals surface area contributed by atoms with Crippen molar-refractivity contribution in [2.75, 3.05) is 13.7 Å². The van der Waals surface area contributed by atoms with Crippen molar-refractivity contribution in [1.29, 1.82) is 0 Å². The number of methoxy groups -OCH3 is 1. The van der Waals surface area contributed by atoms with Crippen LogP contribution in [0.3, 0.4) is 0 Å². The topological polar surface area (TPSA) is 55.4 Å². The first kappa shape index (κ1) is 18.7. The molecule has 0 aliphatic heterocycles. The quantitative estimate of drug-likeness (QED) is 0.609. The number of halogens is 1. The highest BCUT2D eigenvalue weighted by Crippen LogP contribution is 2.23. The Morgan fingerprint density at radius 1 is 0.962 bits per heavy atom. The average molecular weight is 390 g/mol. The molecule has 0 bridgehead atoms. The first-order chi connectivity index (χ1) is 12.5. The summed E-state index contributed by atoms with van der Waals surface area (Å²) >= 11 is 5.86. The molecule has 0 aromatic heterocycles. The Morgan fingerprint density at radius 2 is 1.65 bits per heavy atom. The van der Waals surface area contributed by atoms with Gasteiger partial charge >= 0.3 is 0 Å². The second kappa shape index (κ2) is 8.08. The van der Waals surface area contributed by atoms with E-state index in [2.05, 4.69) is 4.72 Å². The highest BCUT2D eigenvalue weighted by molar-refractivity contribution is 7.89. The van der Waals surface area contributed by atoms with Gasteiger partial charge in [0.05, 0.1) is 12.0 Å². The van der Waals surface area contributed by atoms with Gasteiger partial charge in [0.2, 0.25) is 10.0 Å². The van der Waals surface area contributed by atoms with Crippen molar-refractivity contribution in [3.05, 3.63) is 71.2 Å². The minimum Gasteiger partial charge on any atom is -0.497 e. The van der Waals surface area contributed by atoms with Gasteiger partial charge in [-0.25, -0.2) is 13.1 Å². The predicted molar refractivity (Wildman–Crippen MR) is 105 cm³/mol. The van der Waals surface area contributed by atoms with Crippen LogP contribution in [0.5, 0.6) is 5.75 Å². The van der Waals surface area contributed by atoms with Crippen LogP contribution < -0.4 is 9.46 Å². The molecular formula is C20H20ClNO3S. The number of nitrogens with one attached hydrogen (secondary N) is 1. The molecule has 3 aromatic rings. The summed E-state index contributed by atoms with van der Waals surface area (Å²) in [4.78, 5) is 0.265. The Morgan fingerprint density at radius 3 is 2.38 bits per heavy atom.